The van der Waals surface area contributed by atoms with E-state index in [-0.39, 0.29) is 0 Å². The van der Waals surface area contributed by atoms with E-state index >= 15 is 0 Å². The third-order valence-electron chi connectivity index (χ3n) is 2.03. The molecule has 0 aliphatic heterocycles. The fraction of sp³-hybridized carbons (Fsp3) is 0.200. The van der Waals surface area contributed by atoms with Crippen molar-refractivity contribution in [2.45, 2.75) is 13.3 Å². The van der Waals surface area contributed by atoms with Gasteiger partial charge >= 0.3 is 0 Å². The molecule has 2 N–H and O–H groups in total. The van der Waals surface area contributed by atoms with Crippen molar-refractivity contribution in [1.82, 2.24) is 14.5 Å². The van der Waals surface area contributed by atoms with Crippen LogP contribution in [0.1, 0.15) is 12.6 Å². The first-order valence-corrected chi connectivity index (χ1v) is 4.54. The Morgan fingerprint density at radius 3 is 2.79 bits per heavy atom. The van der Waals surface area contributed by atoms with Crippen LogP contribution in [0.2, 0.25) is 0 Å². The van der Waals surface area contributed by atoms with Crippen LogP contribution in [0.15, 0.2) is 30.9 Å². The highest BCUT2D eigenvalue weighted by atomic mass is 15.1. The number of pyridine rings is 1. The smallest absolute Gasteiger partial charge is 0.137 e. The first-order chi connectivity index (χ1) is 6.79. The van der Waals surface area contributed by atoms with Gasteiger partial charge in [0, 0.05) is 6.20 Å². The lowest BCUT2D eigenvalue weighted by molar-refractivity contribution is 0.993. The maximum absolute atomic E-state index is 5.55. The quantitative estimate of drug-likeness (QED) is 0.775. The minimum Gasteiger partial charge on any atom is -0.397 e. The molecule has 72 valence electrons. The van der Waals surface area contributed by atoms with E-state index in [9.17, 15) is 0 Å². The first-order valence-electron chi connectivity index (χ1n) is 4.54. The number of aryl methyl sites for hydroxylation is 1. The monoisotopic (exact) mass is 188 g/mol. The maximum Gasteiger partial charge on any atom is 0.137 e. The average Bonchev–Trinajstić information content (AvgIpc) is 2.67. The van der Waals surface area contributed by atoms with Crippen LogP contribution in [-0.2, 0) is 6.42 Å². The van der Waals surface area contributed by atoms with Gasteiger partial charge in [0.2, 0.25) is 0 Å². The average molecular weight is 188 g/mol. The summed E-state index contributed by atoms with van der Waals surface area (Å²) in [4.78, 5) is 8.42. The van der Waals surface area contributed by atoms with Gasteiger partial charge in [0.05, 0.1) is 17.6 Å². The Balaban J connectivity index is 2.34. The van der Waals surface area contributed by atoms with Crippen molar-refractivity contribution in [1.29, 1.82) is 0 Å². The second kappa shape index (κ2) is 3.49. The van der Waals surface area contributed by atoms with Crippen LogP contribution < -0.4 is 5.73 Å². The number of anilines is 1. The Morgan fingerprint density at radius 2 is 2.21 bits per heavy atom. The first kappa shape index (κ1) is 8.74. The van der Waals surface area contributed by atoms with E-state index in [0.29, 0.717) is 5.69 Å². The van der Waals surface area contributed by atoms with Crippen LogP contribution in [0.4, 0.5) is 5.69 Å². The molecular formula is C10H12N4. The largest absolute Gasteiger partial charge is 0.397 e. The van der Waals surface area contributed by atoms with E-state index in [0.717, 1.165) is 17.9 Å². The highest BCUT2D eigenvalue weighted by molar-refractivity contribution is 5.38. The van der Waals surface area contributed by atoms with Gasteiger partial charge in [-0.15, -0.1) is 0 Å². The zero-order valence-electron chi connectivity index (χ0n) is 8.01. The molecule has 0 saturated carbocycles. The van der Waals surface area contributed by atoms with Gasteiger partial charge in [0.15, 0.2) is 0 Å². The van der Waals surface area contributed by atoms with Gasteiger partial charge < -0.3 is 5.73 Å². The summed E-state index contributed by atoms with van der Waals surface area (Å²) in [7, 11) is 0. The Hall–Kier alpha value is -1.84. The molecule has 0 aromatic carbocycles. The normalized spacial score (nSPS) is 10.4. The number of hydrogen-bond donors (Lipinski definition) is 1. The molecule has 0 atom stereocenters. The van der Waals surface area contributed by atoms with Gasteiger partial charge in [0.1, 0.15) is 12.1 Å². The summed E-state index contributed by atoms with van der Waals surface area (Å²) in [6, 6.07) is 3.70. The summed E-state index contributed by atoms with van der Waals surface area (Å²) in [5.41, 5.74) is 7.28. The van der Waals surface area contributed by atoms with Crippen molar-refractivity contribution in [3.05, 3.63) is 36.5 Å². The standard InChI is InChI=1S/C10H12N4/c1-2-9-6-14(7-13-9)10-4-3-8(11)5-12-10/h3-7H,2,11H2,1H3. The van der Waals surface area contributed by atoms with E-state index in [1.54, 1.807) is 12.5 Å². The van der Waals surface area contributed by atoms with Crippen LogP contribution >= 0.6 is 0 Å². The number of rotatable bonds is 2. The molecule has 0 fully saturated rings. The molecule has 0 bridgehead atoms. The fourth-order valence-corrected chi connectivity index (χ4v) is 1.22. The summed E-state index contributed by atoms with van der Waals surface area (Å²) in [6.45, 7) is 2.07. The van der Waals surface area contributed by atoms with Crippen LogP contribution in [-0.4, -0.2) is 14.5 Å². The summed E-state index contributed by atoms with van der Waals surface area (Å²) in [5, 5.41) is 0. The number of imidazole rings is 1. The molecular weight excluding hydrogens is 176 g/mol. The maximum atomic E-state index is 5.55. The molecule has 0 aliphatic carbocycles. The molecule has 0 amide bonds. The summed E-state index contributed by atoms with van der Waals surface area (Å²) in [6.07, 6.45) is 6.30. The summed E-state index contributed by atoms with van der Waals surface area (Å²) < 4.78 is 1.89. The van der Waals surface area contributed by atoms with Crippen LogP contribution in [0.5, 0.6) is 0 Å². The zero-order valence-corrected chi connectivity index (χ0v) is 8.01. The van der Waals surface area contributed by atoms with Crippen LogP contribution in [0.25, 0.3) is 5.82 Å². The number of hydrogen-bond acceptors (Lipinski definition) is 3. The van der Waals surface area contributed by atoms with Gasteiger partial charge in [-0.25, -0.2) is 9.97 Å². The molecule has 0 aliphatic rings. The molecule has 4 nitrogen and oxygen atoms in total. The highest BCUT2D eigenvalue weighted by Gasteiger charge is 1.99. The predicted octanol–water partition coefficient (Wildman–Crippen LogP) is 1.41. The second-order valence-corrected chi connectivity index (χ2v) is 3.08. The van der Waals surface area contributed by atoms with E-state index < -0.39 is 0 Å². The lowest BCUT2D eigenvalue weighted by Crippen LogP contribution is -1.95. The van der Waals surface area contributed by atoms with E-state index in [2.05, 4.69) is 16.9 Å². The minimum atomic E-state index is 0.671. The number of nitrogen functional groups attached to an aromatic ring is 1. The second-order valence-electron chi connectivity index (χ2n) is 3.08. The molecule has 0 unspecified atom stereocenters. The van der Waals surface area contributed by atoms with Gasteiger partial charge in [-0.2, -0.15) is 0 Å². The van der Waals surface area contributed by atoms with Gasteiger partial charge in [-0.1, -0.05) is 6.92 Å². The molecule has 2 rings (SSSR count). The number of aromatic nitrogens is 3. The molecule has 2 aromatic rings. The molecule has 2 aromatic heterocycles. The Morgan fingerprint density at radius 1 is 1.36 bits per heavy atom. The zero-order chi connectivity index (χ0) is 9.97. The SMILES string of the molecule is CCc1cn(-c2ccc(N)cn2)cn1. The third kappa shape index (κ3) is 1.59. The van der Waals surface area contributed by atoms with Gasteiger partial charge in [-0.05, 0) is 18.6 Å². The predicted molar refractivity (Wildman–Crippen MR) is 55.1 cm³/mol. The van der Waals surface area contributed by atoms with Crippen LogP contribution in [0.3, 0.4) is 0 Å². The molecule has 0 spiro atoms. The van der Waals surface area contributed by atoms with Crippen molar-refractivity contribution in [3.8, 4) is 5.82 Å². The van der Waals surface area contributed by atoms with Gasteiger partial charge in [-0.3, -0.25) is 4.57 Å². The Bertz CT molecular complexity index is 416. The molecule has 14 heavy (non-hydrogen) atoms. The van der Waals surface area contributed by atoms with E-state index in [1.807, 2.05) is 22.9 Å². The summed E-state index contributed by atoms with van der Waals surface area (Å²) >= 11 is 0. The van der Waals surface area contributed by atoms with E-state index in [4.69, 9.17) is 5.73 Å². The molecule has 0 saturated heterocycles. The molecule has 2 heterocycles. The minimum absolute atomic E-state index is 0.671. The fourth-order valence-electron chi connectivity index (χ4n) is 1.22. The molecule has 4 heteroatoms. The van der Waals surface area contributed by atoms with E-state index in [1.165, 1.54) is 0 Å². The third-order valence-corrected chi connectivity index (χ3v) is 2.03. The topological polar surface area (TPSA) is 56.7 Å². The number of nitrogens with two attached hydrogens (primary N) is 1. The van der Waals surface area contributed by atoms with Crippen molar-refractivity contribution < 1.29 is 0 Å². The Labute approximate surface area is 82.4 Å². The van der Waals surface area contributed by atoms with Crippen molar-refractivity contribution in [2.24, 2.45) is 0 Å². The highest BCUT2D eigenvalue weighted by Crippen LogP contribution is 2.07. The lowest BCUT2D eigenvalue weighted by atomic mass is 10.4. The Kier molecular flexibility index (Phi) is 2.18. The lowest BCUT2D eigenvalue weighted by Gasteiger charge is -1.99. The summed E-state index contributed by atoms with van der Waals surface area (Å²) in [5.74, 6) is 0.839. The number of nitrogens with zero attached hydrogens (tertiary/aromatic N) is 3. The van der Waals surface area contributed by atoms with Crippen molar-refractivity contribution >= 4 is 5.69 Å². The van der Waals surface area contributed by atoms with Crippen LogP contribution in [0, 0.1) is 0 Å². The van der Waals surface area contributed by atoms with Crippen molar-refractivity contribution in [2.75, 3.05) is 5.73 Å². The molecule has 0 radical (unpaired) electrons. The van der Waals surface area contributed by atoms with Gasteiger partial charge in [0.25, 0.3) is 0 Å². The van der Waals surface area contributed by atoms with Crippen molar-refractivity contribution in [3.63, 3.8) is 0 Å².